The summed E-state index contributed by atoms with van der Waals surface area (Å²) in [6, 6.07) is 17.3. The highest BCUT2D eigenvalue weighted by Gasteiger charge is 2.44. The monoisotopic (exact) mass is 727 g/mol. The first kappa shape index (κ1) is 39.9. The van der Waals surface area contributed by atoms with Gasteiger partial charge in [-0.25, -0.2) is 22.0 Å². The Balaban J connectivity index is 1.57. The van der Waals surface area contributed by atoms with E-state index in [1.54, 1.807) is 24.3 Å². The van der Waals surface area contributed by atoms with Crippen LogP contribution in [0.2, 0.25) is 0 Å². The number of alkyl carbamates (subject to hydrolysis) is 1. The van der Waals surface area contributed by atoms with Crippen molar-refractivity contribution in [1.82, 2.24) is 16.0 Å². The Labute approximate surface area is 300 Å². The second-order valence-corrected chi connectivity index (χ2v) is 15.8. The molecule has 2 amide bonds. The number of ether oxygens (including phenoxy) is 1. The van der Waals surface area contributed by atoms with Gasteiger partial charge in [-0.15, -0.1) is 0 Å². The van der Waals surface area contributed by atoms with E-state index in [2.05, 4.69) is 28.9 Å². The van der Waals surface area contributed by atoms with Gasteiger partial charge in [0.2, 0.25) is 5.91 Å². The van der Waals surface area contributed by atoms with Crippen LogP contribution in [0.15, 0.2) is 72.8 Å². The molecule has 0 spiro atoms. The molecular formula is C39H51F2N3O6S. The Morgan fingerprint density at radius 1 is 0.863 bits per heavy atom. The zero-order chi connectivity index (χ0) is 37.0. The molecule has 1 aliphatic rings. The van der Waals surface area contributed by atoms with Crippen LogP contribution < -0.4 is 16.0 Å². The van der Waals surface area contributed by atoms with Crippen molar-refractivity contribution in [2.45, 2.75) is 108 Å². The van der Waals surface area contributed by atoms with E-state index >= 15 is 0 Å². The number of amides is 2. The first-order chi connectivity index (χ1) is 24.4. The number of rotatable bonds is 20. The number of nitrogens with one attached hydrogen (secondary N) is 3. The van der Waals surface area contributed by atoms with Gasteiger partial charge >= 0.3 is 6.09 Å². The van der Waals surface area contributed by atoms with Crippen molar-refractivity contribution in [3.63, 3.8) is 0 Å². The van der Waals surface area contributed by atoms with Gasteiger partial charge in [0.25, 0.3) is 0 Å². The molecule has 4 N–H and O–H groups in total. The van der Waals surface area contributed by atoms with Crippen LogP contribution in [0, 0.1) is 11.6 Å². The highest BCUT2D eigenvalue weighted by molar-refractivity contribution is 7.92. The minimum Gasteiger partial charge on any atom is -0.445 e. The number of sulfone groups is 1. The van der Waals surface area contributed by atoms with Crippen molar-refractivity contribution in [3.05, 3.63) is 107 Å². The number of halogens is 2. The normalized spacial score (nSPS) is 15.5. The molecule has 3 aromatic carbocycles. The van der Waals surface area contributed by atoms with E-state index in [1.807, 2.05) is 38.1 Å². The summed E-state index contributed by atoms with van der Waals surface area (Å²) in [6.45, 7) is 5.74. The molecule has 3 atom stereocenters. The number of hydrogen-bond acceptors (Lipinski definition) is 7. The number of aliphatic hydroxyl groups excluding tert-OH is 1. The summed E-state index contributed by atoms with van der Waals surface area (Å²) in [4.78, 5) is 27.0. The van der Waals surface area contributed by atoms with Crippen molar-refractivity contribution >= 4 is 21.8 Å². The van der Waals surface area contributed by atoms with Crippen LogP contribution >= 0.6 is 0 Å². The van der Waals surface area contributed by atoms with Gasteiger partial charge in [-0.1, -0.05) is 88.2 Å². The van der Waals surface area contributed by atoms with E-state index in [0.717, 1.165) is 43.0 Å². The fraction of sp³-hybridized carbons (Fsp3) is 0.487. The number of benzene rings is 3. The molecule has 278 valence electrons. The van der Waals surface area contributed by atoms with Crippen LogP contribution in [-0.4, -0.2) is 61.3 Å². The molecule has 12 heteroatoms. The summed E-state index contributed by atoms with van der Waals surface area (Å²) >= 11 is 0. The maximum atomic E-state index is 14.2. The Morgan fingerprint density at radius 3 is 2.12 bits per heavy atom. The van der Waals surface area contributed by atoms with E-state index in [9.17, 15) is 31.9 Å². The van der Waals surface area contributed by atoms with E-state index in [-0.39, 0.29) is 30.7 Å². The molecule has 51 heavy (non-hydrogen) atoms. The molecule has 0 aromatic heterocycles. The molecule has 9 nitrogen and oxygen atoms in total. The lowest BCUT2D eigenvalue weighted by Crippen LogP contribution is -2.57. The van der Waals surface area contributed by atoms with Gasteiger partial charge in [0.05, 0.1) is 23.1 Å². The van der Waals surface area contributed by atoms with E-state index in [1.165, 1.54) is 5.56 Å². The van der Waals surface area contributed by atoms with Crippen LogP contribution in [0.3, 0.4) is 0 Å². The summed E-state index contributed by atoms with van der Waals surface area (Å²) < 4.78 is 61.1. The molecule has 3 aromatic rings. The number of aliphatic hydroxyl groups is 1. The first-order valence-electron chi connectivity index (χ1n) is 17.8. The third kappa shape index (κ3) is 11.8. The number of carbonyl (C=O) groups is 2. The fourth-order valence-electron chi connectivity index (χ4n) is 6.38. The topological polar surface area (TPSA) is 134 Å². The lowest BCUT2D eigenvalue weighted by atomic mass is 9.98. The predicted octanol–water partition coefficient (Wildman–Crippen LogP) is 5.87. The Bertz CT molecular complexity index is 1680. The molecular weight excluding hydrogens is 677 g/mol. The molecule has 1 saturated carbocycles. The Morgan fingerprint density at radius 2 is 1.51 bits per heavy atom. The molecule has 0 bridgehead atoms. The summed E-state index contributed by atoms with van der Waals surface area (Å²) in [5.41, 5.74) is 2.77. The van der Waals surface area contributed by atoms with Gasteiger partial charge < -0.3 is 25.8 Å². The average Bonchev–Trinajstić information content (AvgIpc) is 3.90. The average molecular weight is 728 g/mol. The van der Waals surface area contributed by atoms with Crippen LogP contribution in [0.1, 0.15) is 81.5 Å². The maximum Gasteiger partial charge on any atom is 0.408 e. The highest BCUT2D eigenvalue weighted by Crippen LogP contribution is 2.45. The van der Waals surface area contributed by atoms with Crippen LogP contribution in [0.4, 0.5) is 13.6 Å². The second kappa shape index (κ2) is 18.6. The molecule has 1 fully saturated rings. The largest absolute Gasteiger partial charge is 0.445 e. The molecule has 4 rings (SSSR count). The molecule has 1 unspecified atom stereocenters. The van der Waals surface area contributed by atoms with Gasteiger partial charge in [0.1, 0.15) is 24.3 Å². The molecule has 0 saturated heterocycles. The van der Waals surface area contributed by atoms with E-state index in [4.69, 9.17) is 4.74 Å². The molecule has 1 aliphatic carbocycles. The smallest absolute Gasteiger partial charge is 0.408 e. The van der Waals surface area contributed by atoms with Gasteiger partial charge in [0, 0.05) is 18.2 Å². The number of hydrogen-bond donors (Lipinski definition) is 4. The van der Waals surface area contributed by atoms with Gasteiger partial charge in [-0.05, 0) is 72.9 Å². The first-order valence-corrected chi connectivity index (χ1v) is 19.6. The maximum absolute atomic E-state index is 14.2. The Hall–Kier alpha value is -3.87. The van der Waals surface area contributed by atoms with Crippen molar-refractivity contribution in [3.8, 4) is 0 Å². The third-order valence-electron chi connectivity index (χ3n) is 9.41. The van der Waals surface area contributed by atoms with Crippen molar-refractivity contribution in [2.75, 3.05) is 12.3 Å². The number of carbonyl (C=O) groups excluding carboxylic acids is 2. The quantitative estimate of drug-likeness (QED) is 0.114. The SMILES string of the molecule is CCCC(CCC)S(=O)(=O)CC(NC(=O)OCc1ccccc1)C(=O)N[C@@H](Cc1cc(F)cc(F)c1)[C@H](O)CNC1(c2cccc(CC)c2)CC1. The lowest BCUT2D eigenvalue weighted by Gasteiger charge is -2.29. The van der Waals surface area contributed by atoms with Gasteiger partial charge in [-0.2, -0.15) is 0 Å². The standard InChI is InChI=1S/C39H51F2N3O6S/c1-4-11-33(12-5-2)51(48,49)26-35(44-38(47)50-25-28-13-8-7-9-14-28)37(46)43-34(22-29-20-31(40)23-32(41)21-29)36(45)24-42-39(17-18-39)30-16-10-15-27(6-3)19-30/h7-10,13-16,19-21,23,33-36,42,45H,4-6,11-12,17-18,22,24-26H2,1-3H3,(H,43,46)(H,44,47)/t34-,35?,36+/m0/s1. The third-order valence-corrected chi connectivity index (χ3v) is 11.7. The zero-order valence-electron chi connectivity index (χ0n) is 29.7. The van der Waals surface area contributed by atoms with Crippen molar-refractivity contribution < 1.29 is 36.6 Å². The molecule has 0 heterocycles. The minimum atomic E-state index is -3.89. The summed E-state index contributed by atoms with van der Waals surface area (Å²) in [5, 5.41) is 19.4. The predicted molar refractivity (Wildman–Crippen MR) is 194 cm³/mol. The highest BCUT2D eigenvalue weighted by atomic mass is 32.2. The van der Waals surface area contributed by atoms with Crippen LogP contribution in [-0.2, 0) is 44.4 Å². The zero-order valence-corrected chi connectivity index (χ0v) is 30.5. The van der Waals surface area contributed by atoms with Gasteiger partial charge in [0.15, 0.2) is 9.84 Å². The minimum absolute atomic E-state index is 0.0175. The van der Waals surface area contributed by atoms with E-state index < -0.39 is 62.7 Å². The second-order valence-electron chi connectivity index (χ2n) is 13.5. The van der Waals surface area contributed by atoms with Crippen molar-refractivity contribution in [1.29, 1.82) is 0 Å². The molecule has 0 aliphatic heterocycles. The van der Waals surface area contributed by atoms with Gasteiger partial charge in [-0.3, -0.25) is 4.79 Å². The van der Waals surface area contributed by atoms with Crippen LogP contribution in [0.25, 0.3) is 0 Å². The number of aryl methyl sites for hydroxylation is 1. The fourth-order valence-corrected chi connectivity index (χ4v) is 8.54. The van der Waals surface area contributed by atoms with E-state index in [0.29, 0.717) is 31.2 Å². The Kier molecular flexibility index (Phi) is 14.5. The molecule has 0 radical (unpaired) electrons. The summed E-state index contributed by atoms with van der Waals surface area (Å²) in [6.07, 6.45) is 2.13. The summed E-state index contributed by atoms with van der Waals surface area (Å²) in [5.74, 6) is -3.21. The van der Waals surface area contributed by atoms with Crippen LogP contribution in [0.5, 0.6) is 0 Å². The van der Waals surface area contributed by atoms with Crippen molar-refractivity contribution in [2.24, 2.45) is 0 Å². The lowest BCUT2D eigenvalue weighted by molar-refractivity contribution is -0.124. The summed E-state index contributed by atoms with van der Waals surface area (Å²) in [7, 11) is -3.89.